The Labute approximate surface area is 133 Å². The minimum absolute atomic E-state index is 0.148. The van der Waals surface area contributed by atoms with Gasteiger partial charge < -0.3 is 4.57 Å². The Hall–Kier alpha value is -1.58. The molecule has 3 rings (SSSR count). The van der Waals surface area contributed by atoms with Gasteiger partial charge in [-0.1, -0.05) is 67.6 Å². The molecule has 0 bridgehead atoms. The van der Waals surface area contributed by atoms with Crippen LogP contribution in [0.25, 0.3) is 0 Å². The maximum atomic E-state index is 13.8. The Morgan fingerprint density at radius 2 is 1.43 bits per heavy atom. The minimum atomic E-state index is -4.44. The van der Waals surface area contributed by atoms with Crippen LogP contribution in [0, 0.1) is 0 Å². The third kappa shape index (κ3) is 2.43. The summed E-state index contributed by atoms with van der Waals surface area (Å²) < 4.78 is 54.4. The van der Waals surface area contributed by atoms with Crippen LogP contribution in [0.2, 0.25) is 0 Å². The van der Waals surface area contributed by atoms with Gasteiger partial charge in [-0.05, 0) is 6.42 Å². The molecular formula is C17H17F3NOP. The molecular weight excluding hydrogens is 322 g/mol. The molecule has 1 aliphatic heterocycles. The molecule has 0 aliphatic carbocycles. The van der Waals surface area contributed by atoms with Crippen LogP contribution in [0.3, 0.4) is 0 Å². The van der Waals surface area contributed by atoms with Gasteiger partial charge in [0.25, 0.3) is 0 Å². The van der Waals surface area contributed by atoms with E-state index in [2.05, 4.69) is 5.32 Å². The fourth-order valence-corrected chi connectivity index (χ4v) is 6.57. The van der Waals surface area contributed by atoms with Gasteiger partial charge in [0.15, 0.2) is 7.14 Å². The van der Waals surface area contributed by atoms with Crippen molar-refractivity contribution >= 4 is 17.8 Å². The van der Waals surface area contributed by atoms with Crippen molar-refractivity contribution in [3.05, 3.63) is 60.7 Å². The lowest BCUT2D eigenvalue weighted by Gasteiger charge is -2.23. The quantitative estimate of drug-likeness (QED) is 0.682. The summed E-state index contributed by atoms with van der Waals surface area (Å²) in [5.41, 5.74) is -2.08. The van der Waals surface area contributed by atoms with Crippen LogP contribution >= 0.6 is 7.14 Å². The molecule has 2 aromatic rings. The molecule has 0 radical (unpaired) electrons. The smallest absolute Gasteiger partial charge is 0.312 e. The van der Waals surface area contributed by atoms with Gasteiger partial charge in [0.05, 0.1) is 5.78 Å². The molecule has 1 saturated heterocycles. The Morgan fingerprint density at radius 3 is 1.74 bits per heavy atom. The maximum absolute atomic E-state index is 13.8. The highest BCUT2D eigenvalue weighted by Crippen LogP contribution is 2.63. The van der Waals surface area contributed by atoms with Crippen LogP contribution < -0.4 is 15.9 Å². The molecule has 1 aliphatic rings. The molecule has 0 amide bonds. The van der Waals surface area contributed by atoms with Crippen molar-refractivity contribution in [3.63, 3.8) is 0 Å². The summed E-state index contributed by atoms with van der Waals surface area (Å²) in [6, 6.07) is 16.9. The predicted octanol–water partition coefficient (Wildman–Crippen LogP) is 3.64. The van der Waals surface area contributed by atoms with Crippen molar-refractivity contribution in [1.29, 1.82) is 0 Å². The molecule has 0 unspecified atom stereocenters. The number of benzene rings is 2. The summed E-state index contributed by atoms with van der Waals surface area (Å²) in [6.07, 6.45) is -4.59. The lowest BCUT2D eigenvalue weighted by molar-refractivity contribution is -0.160. The number of rotatable bonds is 4. The zero-order valence-corrected chi connectivity index (χ0v) is 13.4. The fraction of sp³-hybridized carbons (Fsp3) is 0.294. The van der Waals surface area contributed by atoms with Crippen LogP contribution in [0.15, 0.2) is 60.7 Å². The number of hydrogen-bond donors (Lipinski definition) is 1. The van der Waals surface area contributed by atoms with E-state index in [0.717, 1.165) is 0 Å². The molecule has 0 saturated carbocycles. The van der Waals surface area contributed by atoms with E-state index in [1.54, 1.807) is 60.7 Å². The molecule has 1 N–H and O–H groups in total. The third-order valence-corrected chi connectivity index (χ3v) is 7.91. The molecule has 0 spiro atoms. The van der Waals surface area contributed by atoms with Gasteiger partial charge in [-0.25, -0.2) is 0 Å². The molecule has 2 nitrogen and oxygen atoms in total. The highest BCUT2D eigenvalue weighted by molar-refractivity contribution is 7.79. The van der Waals surface area contributed by atoms with Crippen molar-refractivity contribution in [2.24, 2.45) is 0 Å². The zero-order valence-electron chi connectivity index (χ0n) is 12.5. The summed E-state index contributed by atoms with van der Waals surface area (Å²) >= 11 is 0. The van der Waals surface area contributed by atoms with Crippen molar-refractivity contribution in [2.45, 2.75) is 30.8 Å². The molecule has 2 atom stereocenters. The van der Waals surface area contributed by atoms with Crippen LogP contribution in [0.4, 0.5) is 13.2 Å². The first-order chi connectivity index (χ1) is 10.9. The van der Waals surface area contributed by atoms with Gasteiger partial charge in [-0.3, -0.25) is 5.32 Å². The van der Waals surface area contributed by atoms with Gasteiger partial charge in [-0.2, -0.15) is 13.2 Å². The largest absolute Gasteiger partial charge is 0.408 e. The molecule has 0 aromatic heterocycles. The Kier molecular flexibility index (Phi) is 3.89. The predicted molar refractivity (Wildman–Crippen MR) is 85.8 cm³/mol. The monoisotopic (exact) mass is 339 g/mol. The van der Waals surface area contributed by atoms with Gasteiger partial charge in [0, 0.05) is 10.6 Å². The second-order valence-corrected chi connectivity index (χ2v) is 8.56. The van der Waals surface area contributed by atoms with E-state index in [-0.39, 0.29) is 6.42 Å². The fourth-order valence-electron chi connectivity index (χ4n) is 3.08. The first kappa shape index (κ1) is 16.3. The van der Waals surface area contributed by atoms with E-state index in [0.29, 0.717) is 10.6 Å². The summed E-state index contributed by atoms with van der Waals surface area (Å²) in [5.74, 6) is -1.12. The normalized spacial score (nSPS) is 24.4. The summed E-state index contributed by atoms with van der Waals surface area (Å²) in [5, 5.41) is 3.42. The summed E-state index contributed by atoms with van der Waals surface area (Å²) in [6.45, 7) is 1.47. The van der Waals surface area contributed by atoms with E-state index < -0.39 is 24.6 Å². The third-order valence-electron chi connectivity index (χ3n) is 4.48. The minimum Gasteiger partial charge on any atom is -0.312 e. The molecule has 1 fully saturated rings. The second-order valence-electron chi connectivity index (χ2n) is 5.70. The molecule has 23 heavy (non-hydrogen) atoms. The highest BCUT2D eigenvalue weighted by atomic mass is 31.2. The van der Waals surface area contributed by atoms with Gasteiger partial charge in [-0.15, -0.1) is 0 Å². The highest BCUT2D eigenvalue weighted by Gasteiger charge is 2.74. The molecule has 2 aromatic carbocycles. The average Bonchev–Trinajstić information content (AvgIpc) is 3.32. The Bertz CT molecular complexity index is 689. The van der Waals surface area contributed by atoms with Crippen LogP contribution in [-0.2, 0) is 4.57 Å². The lowest BCUT2D eigenvalue weighted by atomic mass is 10.1. The first-order valence-electron chi connectivity index (χ1n) is 7.41. The molecule has 122 valence electrons. The number of alkyl halides is 3. The van der Waals surface area contributed by atoms with E-state index in [4.69, 9.17) is 0 Å². The zero-order chi connectivity index (χ0) is 16.7. The van der Waals surface area contributed by atoms with E-state index in [9.17, 15) is 17.7 Å². The lowest BCUT2D eigenvalue weighted by Crippen LogP contribution is -2.37. The molecule has 6 heteroatoms. The summed E-state index contributed by atoms with van der Waals surface area (Å²) in [7, 11) is -3.45. The van der Waals surface area contributed by atoms with Gasteiger partial charge >= 0.3 is 6.18 Å². The Balaban J connectivity index is 2.15. The van der Waals surface area contributed by atoms with E-state index >= 15 is 0 Å². The first-order valence-corrected chi connectivity index (χ1v) is 9.19. The topological polar surface area (TPSA) is 39.0 Å². The van der Waals surface area contributed by atoms with Crippen molar-refractivity contribution in [3.8, 4) is 0 Å². The van der Waals surface area contributed by atoms with Crippen molar-refractivity contribution < 1.29 is 17.7 Å². The number of hydrogen-bond acceptors (Lipinski definition) is 2. The van der Waals surface area contributed by atoms with Crippen LogP contribution in [-0.4, -0.2) is 17.5 Å². The molecule has 1 heterocycles. The number of nitrogens with one attached hydrogen (secondary N) is 1. The van der Waals surface area contributed by atoms with Gasteiger partial charge in [0.2, 0.25) is 0 Å². The maximum Gasteiger partial charge on any atom is 0.408 e. The van der Waals surface area contributed by atoms with E-state index in [1.165, 1.54) is 6.92 Å². The second kappa shape index (κ2) is 5.50. The average molecular weight is 339 g/mol. The van der Waals surface area contributed by atoms with E-state index in [1.807, 2.05) is 0 Å². The van der Waals surface area contributed by atoms with Gasteiger partial charge in [0.1, 0.15) is 5.54 Å². The summed E-state index contributed by atoms with van der Waals surface area (Å²) in [4.78, 5) is 0. The van der Waals surface area contributed by atoms with Crippen LogP contribution in [0.5, 0.6) is 0 Å². The van der Waals surface area contributed by atoms with Crippen molar-refractivity contribution in [1.82, 2.24) is 5.32 Å². The Morgan fingerprint density at radius 1 is 1.00 bits per heavy atom. The SMILES string of the molecule is CC[C@]1(C(F)(F)F)N[C@H]1P(=O)(c1ccccc1)c1ccccc1. The van der Waals surface area contributed by atoms with Crippen LogP contribution in [0.1, 0.15) is 13.3 Å². The standard InChI is InChI=1S/C17H17F3NOP/c1-2-16(17(18,19)20)15(21-16)23(22,13-9-5-3-6-10-13)14-11-7-4-8-12-14/h3-12,15,21H,2H2,1H3/t15-,16-/m0/s1. The number of halogens is 3. The van der Waals surface area contributed by atoms with Crippen molar-refractivity contribution in [2.75, 3.05) is 0 Å².